The highest BCUT2D eigenvalue weighted by Crippen LogP contribution is 2.26. The predicted molar refractivity (Wildman–Crippen MR) is 68.5 cm³/mol. The highest BCUT2D eigenvalue weighted by atomic mass is 16.4. The molecule has 0 aromatic heterocycles. The third-order valence-electron chi connectivity index (χ3n) is 3.13. The van der Waals surface area contributed by atoms with Crippen molar-refractivity contribution < 1.29 is 40.2 Å². The van der Waals surface area contributed by atoms with E-state index in [1.165, 1.54) is 0 Å². The number of carbonyl (C=O) groups is 2. The molecule has 1 aromatic rings. The lowest BCUT2D eigenvalue weighted by Gasteiger charge is -2.32. The fourth-order valence-corrected chi connectivity index (χ4v) is 1.77. The fraction of sp³-hybridized carbons (Fsp3) is 0.385. The van der Waals surface area contributed by atoms with E-state index in [0.717, 1.165) is 24.3 Å². The van der Waals surface area contributed by atoms with Crippen molar-refractivity contribution in [2.45, 2.75) is 23.9 Å². The number of carboxylic acid groups (broad SMARTS) is 1. The maximum Gasteiger partial charge on any atom is 0.335 e. The Morgan fingerprint density at radius 3 is 2.10 bits per heavy atom. The molecule has 1 aromatic carbocycles. The topological polar surface area (TPSA) is 156 Å². The number of aldehydes is 1. The van der Waals surface area contributed by atoms with E-state index in [2.05, 4.69) is 0 Å². The molecule has 4 atom stereocenters. The molecule has 0 aliphatic heterocycles. The summed E-state index contributed by atoms with van der Waals surface area (Å²) in [5.74, 6) is -1.22. The Kier molecular flexibility index (Phi) is 5.53. The number of rotatable bonds is 7. The Bertz CT molecular complexity index is 499. The smallest absolute Gasteiger partial charge is 0.335 e. The molecule has 6 N–H and O–H groups in total. The quantitative estimate of drug-likeness (QED) is 0.311. The zero-order valence-electron chi connectivity index (χ0n) is 10.8. The highest BCUT2D eigenvalue weighted by Gasteiger charge is 2.43. The van der Waals surface area contributed by atoms with Gasteiger partial charge in [0.1, 0.15) is 18.3 Å². The second-order valence-electron chi connectivity index (χ2n) is 4.51. The SMILES string of the molecule is O=C[C@](O)(c1ccc(C(=O)O)cc1)[C@H](O)[C@@H](O)[C@@H](O)CO. The summed E-state index contributed by atoms with van der Waals surface area (Å²) in [6.07, 6.45) is -5.90. The summed E-state index contributed by atoms with van der Waals surface area (Å²) in [7, 11) is 0. The number of hydrogen-bond acceptors (Lipinski definition) is 7. The van der Waals surface area contributed by atoms with Crippen LogP contribution in [0.2, 0.25) is 0 Å². The standard InChI is InChI=1S/C13H16O8/c14-5-9(16)10(17)11(18)13(21,6-15)8-3-1-7(2-4-8)12(19)20/h1-4,6,9-11,14,16-18,21H,5H2,(H,19,20)/t9-,10-,11+,13-/m0/s1. The van der Waals surface area contributed by atoms with E-state index < -0.39 is 36.5 Å². The van der Waals surface area contributed by atoms with Crippen LogP contribution in [-0.2, 0) is 10.4 Å². The fourth-order valence-electron chi connectivity index (χ4n) is 1.77. The van der Waals surface area contributed by atoms with Crippen LogP contribution in [0.4, 0.5) is 0 Å². The average molecular weight is 300 g/mol. The zero-order valence-corrected chi connectivity index (χ0v) is 10.8. The summed E-state index contributed by atoms with van der Waals surface area (Å²) in [4.78, 5) is 21.8. The minimum absolute atomic E-state index is 0.0409. The van der Waals surface area contributed by atoms with Gasteiger partial charge >= 0.3 is 5.97 Å². The van der Waals surface area contributed by atoms with Crippen LogP contribution < -0.4 is 0 Å². The molecule has 0 spiro atoms. The maximum absolute atomic E-state index is 11.1. The Morgan fingerprint density at radius 1 is 1.19 bits per heavy atom. The monoisotopic (exact) mass is 300 g/mol. The lowest BCUT2D eigenvalue weighted by atomic mass is 9.85. The van der Waals surface area contributed by atoms with Crippen LogP contribution in [0.15, 0.2) is 24.3 Å². The van der Waals surface area contributed by atoms with Crippen LogP contribution >= 0.6 is 0 Å². The van der Waals surface area contributed by atoms with Gasteiger partial charge < -0.3 is 30.6 Å². The minimum Gasteiger partial charge on any atom is -0.478 e. The maximum atomic E-state index is 11.1. The average Bonchev–Trinajstić information content (AvgIpc) is 2.51. The van der Waals surface area contributed by atoms with Gasteiger partial charge in [-0.15, -0.1) is 0 Å². The first-order valence-corrected chi connectivity index (χ1v) is 5.95. The van der Waals surface area contributed by atoms with Crippen LogP contribution in [0.3, 0.4) is 0 Å². The van der Waals surface area contributed by atoms with Crippen LogP contribution in [0, 0.1) is 0 Å². The molecule has 21 heavy (non-hydrogen) atoms. The van der Waals surface area contributed by atoms with Gasteiger partial charge in [-0.25, -0.2) is 4.79 Å². The third-order valence-corrected chi connectivity index (χ3v) is 3.13. The number of carbonyl (C=O) groups excluding carboxylic acids is 1. The van der Waals surface area contributed by atoms with Crippen molar-refractivity contribution in [3.8, 4) is 0 Å². The predicted octanol–water partition coefficient (Wildman–Crippen LogP) is -2.15. The molecule has 0 bridgehead atoms. The number of aromatic carboxylic acids is 1. The van der Waals surface area contributed by atoms with Gasteiger partial charge in [0, 0.05) is 0 Å². The number of hydrogen-bond donors (Lipinski definition) is 6. The zero-order chi connectivity index (χ0) is 16.2. The van der Waals surface area contributed by atoms with Gasteiger partial charge in [-0.3, -0.25) is 4.79 Å². The molecular formula is C13H16O8. The molecule has 8 heteroatoms. The third kappa shape index (κ3) is 3.43. The van der Waals surface area contributed by atoms with E-state index in [4.69, 9.17) is 10.2 Å². The van der Waals surface area contributed by atoms with E-state index in [-0.39, 0.29) is 17.4 Å². The van der Waals surface area contributed by atoms with Crippen molar-refractivity contribution in [3.63, 3.8) is 0 Å². The molecule has 0 fully saturated rings. The van der Waals surface area contributed by atoms with Gasteiger partial charge in [0.15, 0.2) is 11.9 Å². The van der Waals surface area contributed by atoms with E-state index in [1.807, 2.05) is 0 Å². The van der Waals surface area contributed by atoms with Gasteiger partial charge in [0.05, 0.1) is 12.2 Å². The number of benzene rings is 1. The first-order valence-electron chi connectivity index (χ1n) is 5.95. The molecule has 0 amide bonds. The Balaban J connectivity index is 3.13. The molecule has 116 valence electrons. The summed E-state index contributed by atoms with van der Waals surface area (Å²) < 4.78 is 0. The van der Waals surface area contributed by atoms with Crippen LogP contribution in [0.1, 0.15) is 15.9 Å². The molecule has 0 aliphatic carbocycles. The van der Waals surface area contributed by atoms with Crippen LogP contribution in [-0.4, -0.2) is 67.8 Å². The van der Waals surface area contributed by atoms with Crippen LogP contribution in [0.5, 0.6) is 0 Å². The minimum atomic E-state index is -2.56. The molecule has 1 rings (SSSR count). The lowest BCUT2D eigenvalue weighted by Crippen LogP contribution is -2.52. The van der Waals surface area contributed by atoms with Crippen molar-refractivity contribution in [2.75, 3.05) is 6.61 Å². The summed E-state index contributed by atoms with van der Waals surface area (Å²) >= 11 is 0. The summed E-state index contributed by atoms with van der Waals surface area (Å²) in [6, 6.07) is 4.40. The van der Waals surface area contributed by atoms with Crippen molar-refractivity contribution >= 4 is 12.3 Å². The van der Waals surface area contributed by atoms with E-state index in [9.17, 15) is 30.0 Å². The van der Waals surface area contributed by atoms with Gasteiger partial charge in [-0.2, -0.15) is 0 Å². The Hall–Kier alpha value is -1.84. The second kappa shape index (κ2) is 6.74. The van der Waals surface area contributed by atoms with Crippen LogP contribution in [0.25, 0.3) is 0 Å². The van der Waals surface area contributed by atoms with Crippen molar-refractivity contribution in [3.05, 3.63) is 35.4 Å². The largest absolute Gasteiger partial charge is 0.478 e. The molecule has 0 saturated carbocycles. The Morgan fingerprint density at radius 2 is 1.71 bits per heavy atom. The van der Waals surface area contributed by atoms with Gasteiger partial charge in [-0.05, 0) is 17.7 Å². The van der Waals surface area contributed by atoms with E-state index in [0.29, 0.717) is 0 Å². The molecular weight excluding hydrogens is 284 g/mol. The summed E-state index contributed by atoms with van der Waals surface area (Å²) in [6.45, 7) is -0.884. The van der Waals surface area contributed by atoms with Gasteiger partial charge in [0.2, 0.25) is 0 Å². The first kappa shape index (κ1) is 17.2. The first-order chi connectivity index (χ1) is 9.77. The Labute approximate surface area is 119 Å². The second-order valence-corrected chi connectivity index (χ2v) is 4.51. The normalized spacial score (nSPS) is 18.3. The molecule has 0 unspecified atom stereocenters. The number of aliphatic hydroxyl groups is 5. The molecule has 0 saturated heterocycles. The van der Waals surface area contributed by atoms with Crippen molar-refractivity contribution in [1.29, 1.82) is 0 Å². The summed E-state index contributed by atoms with van der Waals surface area (Å²) in [5, 5.41) is 56.3. The summed E-state index contributed by atoms with van der Waals surface area (Å²) in [5.41, 5.74) is -2.83. The highest BCUT2D eigenvalue weighted by molar-refractivity contribution is 5.87. The van der Waals surface area contributed by atoms with Gasteiger partial charge in [-0.1, -0.05) is 12.1 Å². The molecule has 0 radical (unpaired) electrons. The molecule has 0 heterocycles. The van der Waals surface area contributed by atoms with Crippen molar-refractivity contribution in [1.82, 2.24) is 0 Å². The van der Waals surface area contributed by atoms with E-state index in [1.54, 1.807) is 0 Å². The van der Waals surface area contributed by atoms with E-state index >= 15 is 0 Å². The lowest BCUT2D eigenvalue weighted by molar-refractivity contribution is -0.167. The molecule has 0 aliphatic rings. The van der Waals surface area contributed by atoms with Crippen molar-refractivity contribution in [2.24, 2.45) is 0 Å². The van der Waals surface area contributed by atoms with Gasteiger partial charge in [0.25, 0.3) is 0 Å². The number of aliphatic hydroxyl groups excluding tert-OH is 4. The number of carboxylic acids is 1. The molecule has 8 nitrogen and oxygen atoms in total.